The van der Waals surface area contributed by atoms with E-state index in [2.05, 4.69) is 28.9 Å². The Kier molecular flexibility index (Phi) is 5.74. The van der Waals surface area contributed by atoms with Gasteiger partial charge in [-0.2, -0.15) is 0 Å². The van der Waals surface area contributed by atoms with Gasteiger partial charge < -0.3 is 19.0 Å². The van der Waals surface area contributed by atoms with Crippen LogP contribution in [0.25, 0.3) is 0 Å². The van der Waals surface area contributed by atoms with Crippen LogP contribution in [0.5, 0.6) is 0 Å². The highest BCUT2D eigenvalue weighted by Gasteiger charge is 2.38. The molecule has 3 rings (SSSR count). The summed E-state index contributed by atoms with van der Waals surface area (Å²) in [6.45, 7) is 12.9. The normalized spacial score (nSPS) is 25.3. The summed E-state index contributed by atoms with van der Waals surface area (Å²) < 4.78 is 11.4. The second kappa shape index (κ2) is 7.83. The molecule has 2 aliphatic heterocycles. The van der Waals surface area contributed by atoms with Crippen molar-refractivity contribution in [2.75, 3.05) is 39.4 Å². The molecule has 140 valence electrons. The number of likely N-dealkylation sites (tertiary alicyclic amines) is 1. The summed E-state index contributed by atoms with van der Waals surface area (Å²) >= 11 is 0. The zero-order chi connectivity index (χ0) is 18.0. The van der Waals surface area contributed by atoms with Gasteiger partial charge in [-0.25, -0.2) is 0 Å². The van der Waals surface area contributed by atoms with E-state index in [0.29, 0.717) is 37.5 Å². The number of nitrogens with zero attached hydrogens (tertiary/aromatic N) is 4. The number of carbonyl (C=O) groups is 1. The highest BCUT2D eigenvalue weighted by Crippen LogP contribution is 2.29. The molecule has 2 aliphatic rings. The maximum Gasteiger partial charge on any atom is 0.241 e. The molecule has 1 amide bonds. The van der Waals surface area contributed by atoms with Crippen LogP contribution in [-0.4, -0.2) is 65.3 Å². The Balaban J connectivity index is 1.69. The van der Waals surface area contributed by atoms with Crippen molar-refractivity contribution >= 4 is 5.91 Å². The number of hydrogen-bond donors (Lipinski definition) is 0. The van der Waals surface area contributed by atoms with Crippen LogP contribution in [0.4, 0.5) is 0 Å². The first-order valence-electron chi connectivity index (χ1n) is 9.39. The number of ether oxygens (including phenoxy) is 1. The first-order chi connectivity index (χ1) is 12.0. The first-order valence-corrected chi connectivity index (χ1v) is 9.39. The molecule has 0 N–H and O–H groups in total. The lowest BCUT2D eigenvalue weighted by molar-refractivity contribution is -0.145. The van der Waals surface area contributed by atoms with Crippen LogP contribution in [0, 0.1) is 11.8 Å². The molecule has 7 heteroatoms. The molecule has 0 bridgehead atoms. The fourth-order valence-electron chi connectivity index (χ4n) is 3.64. The molecule has 7 nitrogen and oxygen atoms in total. The SMILES string of the molecule is CC(C)CN1CC[C@H](C(=O)N2CCOC[C@H]2c2nnc(C(C)C)o2)C1. The van der Waals surface area contributed by atoms with Crippen molar-refractivity contribution < 1.29 is 13.9 Å². The zero-order valence-corrected chi connectivity index (χ0v) is 15.8. The molecule has 2 fully saturated rings. The molecule has 0 aliphatic carbocycles. The van der Waals surface area contributed by atoms with Crippen molar-refractivity contribution in [3.63, 3.8) is 0 Å². The average Bonchev–Trinajstić information content (AvgIpc) is 3.23. The van der Waals surface area contributed by atoms with Crippen LogP contribution in [-0.2, 0) is 9.53 Å². The maximum atomic E-state index is 13.1. The van der Waals surface area contributed by atoms with Crippen molar-refractivity contribution in [3.05, 3.63) is 11.8 Å². The molecule has 1 aromatic heterocycles. The van der Waals surface area contributed by atoms with Gasteiger partial charge in [-0.05, 0) is 18.9 Å². The van der Waals surface area contributed by atoms with E-state index in [9.17, 15) is 4.79 Å². The summed E-state index contributed by atoms with van der Waals surface area (Å²) in [5.74, 6) is 2.16. The minimum absolute atomic E-state index is 0.0619. The molecular weight excluding hydrogens is 320 g/mol. The summed E-state index contributed by atoms with van der Waals surface area (Å²) in [5.41, 5.74) is 0. The van der Waals surface area contributed by atoms with Crippen molar-refractivity contribution in [2.24, 2.45) is 11.8 Å². The van der Waals surface area contributed by atoms with E-state index < -0.39 is 0 Å². The Labute approximate surface area is 149 Å². The van der Waals surface area contributed by atoms with Gasteiger partial charge in [0.25, 0.3) is 0 Å². The lowest BCUT2D eigenvalue weighted by Crippen LogP contribution is -2.46. The molecule has 0 saturated carbocycles. The van der Waals surface area contributed by atoms with Crippen molar-refractivity contribution in [1.82, 2.24) is 20.0 Å². The molecule has 1 aromatic rings. The minimum atomic E-state index is -0.264. The van der Waals surface area contributed by atoms with E-state index >= 15 is 0 Å². The zero-order valence-electron chi connectivity index (χ0n) is 15.8. The monoisotopic (exact) mass is 350 g/mol. The van der Waals surface area contributed by atoms with Gasteiger partial charge in [0.1, 0.15) is 6.04 Å². The summed E-state index contributed by atoms with van der Waals surface area (Å²) in [4.78, 5) is 17.4. The van der Waals surface area contributed by atoms with Gasteiger partial charge in [0, 0.05) is 25.6 Å². The van der Waals surface area contributed by atoms with Gasteiger partial charge in [0.05, 0.1) is 19.1 Å². The Morgan fingerprint density at radius 2 is 2.04 bits per heavy atom. The standard InChI is InChI=1S/C18H30N4O3/c1-12(2)9-21-6-5-14(10-21)18(23)22-7-8-24-11-15(22)17-20-19-16(25-17)13(3)4/h12-15H,5-11H2,1-4H3/t14-,15-/m0/s1. The molecule has 0 unspecified atom stereocenters. The third kappa shape index (κ3) is 4.20. The number of morpholine rings is 1. The van der Waals surface area contributed by atoms with Gasteiger partial charge in [-0.3, -0.25) is 4.79 Å². The van der Waals surface area contributed by atoms with E-state index in [0.717, 1.165) is 26.1 Å². The van der Waals surface area contributed by atoms with Gasteiger partial charge in [-0.1, -0.05) is 27.7 Å². The predicted molar refractivity (Wildman–Crippen MR) is 93.0 cm³/mol. The Morgan fingerprint density at radius 3 is 2.72 bits per heavy atom. The van der Waals surface area contributed by atoms with Gasteiger partial charge in [0.2, 0.25) is 17.7 Å². The molecular formula is C18H30N4O3. The second-order valence-corrected chi connectivity index (χ2v) is 7.89. The lowest BCUT2D eigenvalue weighted by Gasteiger charge is -2.35. The minimum Gasteiger partial charge on any atom is -0.423 e. The van der Waals surface area contributed by atoms with Gasteiger partial charge in [0.15, 0.2) is 0 Å². The quantitative estimate of drug-likeness (QED) is 0.809. The van der Waals surface area contributed by atoms with Crippen molar-refractivity contribution in [2.45, 2.75) is 46.1 Å². The highest BCUT2D eigenvalue weighted by molar-refractivity contribution is 5.80. The van der Waals surface area contributed by atoms with E-state index in [4.69, 9.17) is 9.15 Å². The van der Waals surface area contributed by atoms with Crippen LogP contribution < -0.4 is 0 Å². The van der Waals surface area contributed by atoms with Crippen LogP contribution in [0.3, 0.4) is 0 Å². The van der Waals surface area contributed by atoms with E-state index in [-0.39, 0.29) is 23.8 Å². The number of aromatic nitrogens is 2. The lowest BCUT2D eigenvalue weighted by atomic mass is 10.1. The summed E-state index contributed by atoms with van der Waals surface area (Å²) in [7, 11) is 0. The smallest absolute Gasteiger partial charge is 0.241 e. The molecule has 25 heavy (non-hydrogen) atoms. The molecule has 0 aromatic carbocycles. The summed E-state index contributed by atoms with van der Waals surface area (Å²) in [6.07, 6.45) is 0.927. The number of amides is 1. The Morgan fingerprint density at radius 1 is 1.24 bits per heavy atom. The molecule has 2 saturated heterocycles. The Hall–Kier alpha value is -1.47. The van der Waals surface area contributed by atoms with E-state index in [1.807, 2.05) is 18.7 Å². The maximum absolute atomic E-state index is 13.1. The summed E-state index contributed by atoms with van der Waals surface area (Å²) in [6, 6.07) is -0.264. The number of rotatable bonds is 5. The van der Waals surface area contributed by atoms with E-state index in [1.54, 1.807) is 0 Å². The highest BCUT2D eigenvalue weighted by atomic mass is 16.5. The van der Waals surface area contributed by atoms with Gasteiger partial charge in [-0.15, -0.1) is 10.2 Å². The first kappa shape index (κ1) is 18.3. The molecule has 0 radical (unpaired) electrons. The average molecular weight is 350 g/mol. The third-order valence-electron chi connectivity index (χ3n) is 4.89. The number of hydrogen-bond acceptors (Lipinski definition) is 6. The van der Waals surface area contributed by atoms with Crippen LogP contribution in [0.1, 0.15) is 57.9 Å². The third-order valence-corrected chi connectivity index (χ3v) is 4.89. The Bertz CT molecular complexity index is 587. The molecule has 3 heterocycles. The van der Waals surface area contributed by atoms with Crippen molar-refractivity contribution in [1.29, 1.82) is 0 Å². The van der Waals surface area contributed by atoms with Crippen molar-refractivity contribution in [3.8, 4) is 0 Å². The van der Waals surface area contributed by atoms with Crippen LogP contribution >= 0.6 is 0 Å². The largest absolute Gasteiger partial charge is 0.423 e. The van der Waals surface area contributed by atoms with E-state index in [1.165, 1.54) is 0 Å². The molecule has 2 atom stereocenters. The molecule has 0 spiro atoms. The topological polar surface area (TPSA) is 71.7 Å². The second-order valence-electron chi connectivity index (χ2n) is 7.89. The fraction of sp³-hybridized carbons (Fsp3) is 0.833. The van der Waals surface area contributed by atoms with Crippen LogP contribution in [0.15, 0.2) is 4.42 Å². The van der Waals surface area contributed by atoms with Crippen LogP contribution in [0.2, 0.25) is 0 Å². The van der Waals surface area contributed by atoms with Gasteiger partial charge >= 0.3 is 0 Å². The summed E-state index contributed by atoms with van der Waals surface area (Å²) in [5, 5.41) is 8.28. The number of carbonyl (C=O) groups excluding carboxylic acids is 1. The fourth-order valence-corrected chi connectivity index (χ4v) is 3.64. The predicted octanol–water partition coefficient (Wildman–Crippen LogP) is 2.07.